The SMILES string of the molecule is CCCNCc1ncc(-c2ccc(C#Cc3ccc4nc(C5CCCN5)[nH]c4c3)cc2)[nH]1. The number of H-pyrrole nitrogens is 2. The quantitative estimate of drug-likeness (QED) is 0.275. The minimum Gasteiger partial charge on any atom is -0.341 e. The van der Waals surface area contributed by atoms with Crippen LogP contribution in [0.2, 0.25) is 0 Å². The molecular weight excluding hydrogens is 396 g/mol. The topological polar surface area (TPSA) is 81.4 Å². The second-order valence-electron chi connectivity index (χ2n) is 8.25. The summed E-state index contributed by atoms with van der Waals surface area (Å²) in [5, 5.41) is 6.86. The van der Waals surface area contributed by atoms with Gasteiger partial charge in [0, 0.05) is 11.1 Å². The fourth-order valence-corrected chi connectivity index (χ4v) is 4.05. The second-order valence-corrected chi connectivity index (χ2v) is 8.25. The molecule has 1 unspecified atom stereocenters. The highest BCUT2D eigenvalue weighted by atomic mass is 15.0. The molecule has 0 saturated carbocycles. The van der Waals surface area contributed by atoms with Crippen molar-refractivity contribution >= 4 is 11.0 Å². The van der Waals surface area contributed by atoms with Gasteiger partial charge in [-0.1, -0.05) is 30.9 Å². The maximum atomic E-state index is 4.74. The van der Waals surface area contributed by atoms with Crippen LogP contribution in [-0.4, -0.2) is 33.0 Å². The van der Waals surface area contributed by atoms with Gasteiger partial charge >= 0.3 is 0 Å². The number of nitrogens with one attached hydrogen (secondary N) is 4. The third-order valence-electron chi connectivity index (χ3n) is 5.79. The van der Waals surface area contributed by atoms with Crippen molar-refractivity contribution in [2.24, 2.45) is 0 Å². The molecule has 1 aliphatic rings. The van der Waals surface area contributed by atoms with Crippen LogP contribution in [0, 0.1) is 11.8 Å². The number of hydrogen-bond acceptors (Lipinski definition) is 4. The smallest absolute Gasteiger partial charge is 0.124 e. The summed E-state index contributed by atoms with van der Waals surface area (Å²) < 4.78 is 0. The van der Waals surface area contributed by atoms with Gasteiger partial charge in [-0.05, 0) is 68.2 Å². The zero-order valence-corrected chi connectivity index (χ0v) is 18.3. The van der Waals surface area contributed by atoms with Crippen molar-refractivity contribution < 1.29 is 0 Å². The van der Waals surface area contributed by atoms with Crippen LogP contribution in [-0.2, 0) is 6.54 Å². The van der Waals surface area contributed by atoms with Crippen LogP contribution in [0.15, 0.2) is 48.7 Å². The summed E-state index contributed by atoms with van der Waals surface area (Å²) >= 11 is 0. The van der Waals surface area contributed by atoms with Crippen LogP contribution in [0.3, 0.4) is 0 Å². The van der Waals surface area contributed by atoms with Crippen LogP contribution in [0.4, 0.5) is 0 Å². The van der Waals surface area contributed by atoms with Gasteiger partial charge in [-0.25, -0.2) is 9.97 Å². The highest BCUT2D eigenvalue weighted by Crippen LogP contribution is 2.23. The first-order chi connectivity index (χ1) is 15.8. The van der Waals surface area contributed by atoms with Crippen molar-refractivity contribution in [1.29, 1.82) is 0 Å². The van der Waals surface area contributed by atoms with E-state index >= 15 is 0 Å². The van der Waals surface area contributed by atoms with E-state index in [2.05, 4.69) is 74.7 Å². The summed E-state index contributed by atoms with van der Waals surface area (Å²) in [5.41, 5.74) is 6.13. The van der Waals surface area contributed by atoms with E-state index in [1.807, 2.05) is 18.3 Å². The number of nitrogens with zero attached hydrogens (tertiary/aromatic N) is 2. The van der Waals surface area contributed by atoms with Crippen molar-refractivity contribution in [1.82, 2.24) is 30.6 Å². The Hall–Kier alpha value is -3.40. The number of hydrogen-bond donors (Lipinski definition) is 4. The Morgan fingerprint density at radius 2 is 1.91 bits per heavy atom. The summed E-state index contributed by atoms with van der Waals surface area (Å²) in [5.74, 6) is 8.54. The third kappa shape index (κ3) is 4.59. The first-order valence-corrected chi connectivity index (χ1v) is 11.4. The van der Waals surface area contributed by atoms with Crippen molar-refractivity contribution in [2.75, 3.05) is 13.1 Å². The third-order valence-corrected chi connectivity index (χ3v) is 5.79. The molecule has 0 spiro atoms. The molecule has 162 valence electrons. The average Bonchev–Trinajstić information content (AvgIpc) is 3.58. The Labute approximate surface area is 188 Å². The predicted octanol–water partition coefficient (Wildman–Crippen LogP) is 4.28. The minimum absolute atomic E-state index is 0.342. The van der Waals surface area contributed by atoms with Gasteiger partial charge in [-0.3, -0.25) is 0 Å². The molecule has 3 heterocycles. The van der Waals surface area contributed by atoms with Crippen molar-refractivity contribution in [3.63, 3.8) is 0 Å². The van der Waals surface area contributed by atoms with E-state index in [1.54, 1.807) is 0 Å². The molecule has 0 aliphatic carbocycles. The number of aromatic amines is 2. The van der Waals surface area contributed by atoms with Crippen LogP contribution >= 0.6 is 0 Å². The number of rotatable bonds is 6. The van der Waals surface area contributed by atoms with Crippen LogP contribution in [0.1, 0.15) is 55.0 Å². The molecule has 1 aliphatic heterocycles. The summed E-state index contributed by atoms with van der Waals surface area (Å²) in [6.07, 6.45) is 5.34. The molecule has 1 saturated heterocycles. The molecule has 0 radical (unpaired) electrons. The molecule has 4 N–H and O–H groups in total. The van der Waals surface area contributed by atoms with Crippen LogP contribution < -0.4 is 10.6 Å². The van der Waals surface area contributed by atoms with Crippen molar-refractivity contribution in [3.05, 3.63) is 71.4 Å². The monoisotopic (exact) mass is 424 g/mol. The zero-order valence-electron chi connectivity index (χ0n) is 18.3. The molecule has 6 nitrogen and oxygen atoms in total. The molecular formula is C26H28N6. The first kappa shape index (κ1) is 20.5. The number of fused-ring (bicyclic) bond motifs is 1. The molecule has 6 heteroatoms. The van der Waals surface area contributed by atoms with Crippen LogP contribution in [0.5, 0.6) is 0 Å². The standard InChI is InChI=1S/C26H28N6/c1-2-13-27-17-25-29-16-24(30-25)20-10-7-18(8-11-20)5-6-19-9-12-21-23(15-19)32-26(31-21)22-4-3-14-28-22/h7-12,15-16,22,27-28H,2-4,13-14,17H2,1H3,(H,29,30)(H,31,32). The molecule has 5 rings (SSSR count). The number of imidazole rings is 2. The maximum Gasteiger partial charge on any atom is 0.124 e. The molecule has 2 aromatic carbocycles. The van der Waals surface area contributed by atoms with E-state index in [0.717, 1.165) is 77.5 Å². The van der Waals surface area contributed by atoms with E-state index in [9.17, 15) is 0 Å². The highest BCUT2D eigenvalue weighted by molar-refractivity contribution is 5.77. The fraction of sp³-hybridized carbons (Fsp3) is 0.308. The Bertz CT molecular complexity index is 1250. The molecule has 4 aromatic rings. The number of aromatic nitrogens is 4. The van der Waals surface area contributed by atoms with Gasteiger partial charge in [-0.15, -0.1) is 0 Å². The lowest BCUT2D eigenvalue weighted by molar-refractivity contribution is 0.614. The molecule has 1 fully saturated rings. The van der Waals surface area contributed by atoms with Crippen molar-refractivity contribution in [2.45, 2.75) is 38.8 Å². The van der Waals surface area contributed by atoms with Gasteiger partial charge in [0.2, 0.25) is 0 Å². The molecule has 0 amide bonds. The summed E-state index contributed by atoms with van der Waals surface area (Å²) in [4.78, 5) is 16.0. The lowest BCUT2D eigenvalue weighted by Crippen LogP contribution is -2.14. The van der Waals surface area contributed by atoms with Gasteiger partial charge in [0.25, 0.3) is 0 Å². The largest absolute Gasteiger partial charge is 0.341 e. The highest BCUT2D eigenvalue weighted by Gasteiger charge is 2.19. The Balaban J connectivity index is 1.28. The fourth-order valence-electron chi connectivity index (χ4n) is 4.05. The summed E-state index contributed by atoms with van der Waals surface area (Å²) in [6, 6.07) is 14.8. The van der Waals surface area contributed by atoms with E-state index in [1.165, 1.54) is 6.42 Å². The Morgan fingerprint density at radius 3 is 2.72 bits per heavy atom. The summed E-state index contributed by atoms with van der Waals surface area (Å²) in [6.45, 7) is 4.98. The predicted molar refractivity (Wildman–Crippen MR) is 128 cm³/mol. The van der Waals surface area contributed by atoms with Gasteiger partial charge in [0.1, 0.15) is 11.6 Å². The van der Waals surface area contributed by atoms with E-state index in [-0.39, 0.29) is 0 Å². The lowest BCUT2D eigenvalue weighted by Gasteiger charge is -2.04. The molecule has 0 bridgehead atoms. The van der Waals surface area contributed by atoms with Crippen molar-refractivity contribution in [3.8, 4) is 23.1 Å². The second kappa shape index (κ2) is 9.39. The Kier molecular flexibility index (Phi) is 6.02. The van der Waals surface area contributed by atoms with Gasteiger partial charge in [0.05, 0.1) is 35.5 Å². The zero-order chi connectivity index (χ0) is 21.8. The van der Waals surface area contributed by atoms with E-state index in [0.29, 0.717) is 6.04 Å². The van der Waals surface area contributed by atoms with Gasteiger partial charge < -0.3 is 20.6 Å². The van der Waals surface area contributed by atoms with E-state index < -0.39 is 0 Å². The van der Waals surface area contributed by atoms with Gasteiger partial charge in [-0.2, -0.15) is 0 Å². The van der Waals surface area contributed by atoms with Crippen LogP contribution in [0.25, 0.3) is 22.3 Å². The molecule has 2 aromatic heterocycles. The lowest BCUT2D eigenvalue weighted by atomic mass is 10.1. The maximum absolute atomic E-state index is 4.74. The molecule has 1 atom stereocenters. The average molecular weight is 425 g/mol. The normalized spacial score (nSPS) is 15.7. The molecule has 32 heavy (non-hydrogen) atoms. The number of benzene rings is 2. The van der Waals surface area contributed by atoms with Gasteiger partial charge in [0.15, 0.2) is 0 Å². The summed E-state index contributed by atoms with van der Waals surface area (Å²) in [7, 11) is 0. The van der Waals surface area contributed by atoms with E-state index in [4.69, 9.17) is 4.98 Å². The minimum atomic E-state index is 0.342. The Morgan fingerprint density at radius 1 is 1.06 bits per heavy atom. The first-order valence-electron chi connectivity index (χ1n) is 11.4.